The highest BCUT2D eigenvalue weighted by molar-refractivity contribution is 5.70. The fourth-order valence-corrected chi connectivity index (χ4v) is 1.49. The second kappa shape index (κ2) is 4.15. The lowest BCUT2D eigenvalue weighted by Crippen LogP contribution is -2.19. The minimum atomic E-state index is -4.73. The van der Waals surface area contributed by atoms with Gasteiger partial charge in [0, 0.05) is 0 Å². The molecule has 1 aliphatic rings. The Morgan fingerprint density at radius 1 is 1.41 bits per heavy atom. The van der Waals surface area contributed by atoms with Gasteiger partial charge in [0.05, 0.1) is 6.04 Å². The van der Waals surface area contributed by atoms with Crippen molar-refractivity contribution in [2.75, 3.05) is 6.61 Å². The third-order valence-corrected chi connectivity index (χ3v) is 2.17. The lowest BCUT2D eigenvalue weighted by Gasteiger charge is -2.12. The first-order valence-electron chi connectivity index (χ1n) is 4.73. The highest BCUT2D eigenvalue weighted by atomic mass is 19.4. The predicted molar refractivity (Wildman–Crippen MR) is 50.3 cm³/mol. The monoisotopic (exact) mass is 247 g/mol. The Morgan fingerprint density at radius 3 is 2.76 bits per heavy atom. The Morgan fingerprint density at radius 2 is 2.18 bits per heavy atom. The van der Waals surface area contributed by atoms with Crippen LogP contribution in [0.25, 0.3) is 0 Å². The molecule has 0 aromatic heterocycles. The fourth-order valence-electron chi connectivity index (χ4n) is 1.49. The predicted octanol–water partition coefficient (Wildman–Crippen LogP) is 2.37. The molecule has 1 amide bonds. The first-order chi connectivity index (χ1) is 7.94. The highest BCUT2D eigenvalue weighted by Crippen LogP contribution is 2.26. The molecule has 0 bridgehead atoms. The zero-order valence-corrected chi connectivity index (χ0v) is 8.45. The van der Waals surface area contributed by atoms with E-state index in [9.17, 15) is 18.0 Å². The minimum Gasteiger partial charge on any atom is -0.447 e. The molecular formula is C10H8F3NO3. The SMILES string of the molecule is O=C1N[C@@H](c2cccc(OC(F)(F)F)c2)CO1. The molecule has 1 aromatic carbocycles. The molecule has 0 spiro atoms. The second-order valence-electron chi connectivity index (χ2n) is 3.42. The minimum absolute atomic E-state index is 0.0916. The summed E-state index contributed by atoms with van der Waals surface area (Å²) >= 11 is 0. The third-order valence-electron chi connectivity index (χ3n) is 2.17. The Hall–Kier alpha value is -1.92. The van der Waals surface area contributed by atoms with E-state index in [1.807, 2.05) is 0 Å². The Balaban J connectivity index is 2.14. The van der Waals surface area contributed by atoms with Crippen LogP contribution in [-0.2, 0) is 4.74 Å². The van der Waals surface area contributed by atoms with E-state index in [0.717, 1.165) is 0 Å². The van der Waals surface area contributed by atoms with Gasteiger partial charge in [0.25, 0.3) is 0 Å². The van der Waals surface area contributed by atoms with Gasteiger partial charge in [-0.3, -0.25) is 0 Å². The molecule has 2 rings (SSSR count). The molecule has 4 nitrogen and oxygen atoms in total. The molecule has 92 valence electrons. The van der Waals surface area contributed by atoms with Gasteiger partial charge in [-0.15, -0.1) is 13.2 Å². The van der Waals surface area contributed by atoms with Crippen LogP contribution in [0.4, 0.5) is 18.0 Å². The molecule has 0 unspecified atom stereocenters. The van der Waals surface area contributed by atoms with Gasteiger partial charge < -0.3 is 14.8 Å². The van der Waals surface area contributed by atoms with Crippen molar-refractivity contribution in [3.63, 3.8) is 0 Å². The number of hydrogen-bond acceptors (Lipinski definition) is 3. The summed E-state index contributed by atoms with van der Waals surface area (Å²) in [5, 5.41) is 2.46. The van der Waals surface area contributed by atoms with E-state index in [0.29, 0.717) is 5.56 Å². The van der Waals surface area contributed by atoms with E-state index in [1.54, 1.807) is 6.07 Å². The Labute approximate surface area is 94.3 Å². The highest BCUT2D eigenvalue weighted by Gasteiger charge is 2.31. The van der Waals surface area contributed by atoms with Gasteiger partial charge in [-0.2, -0.15) is 0 Å². The summed E-state index contributed by atoms with van der Waals surface area (Å²) in [5.41, 5.74) is 0.498. The molecule has 1 atom stereocenters. The summed E-state index contributed by atoms with van der Waals surface area (Å²) < 4.78 is 44.4. The number of halogens is 3. The number of alkyl halides is 3. The van der Waals surface area contributed by atoms with Crippen LogP contribution >= 0.6 is 0 Å². The van der Waals surface area contributed by atoms with E-state index in [2.05, 4.69) is 14.8 Å². The van der Waals surface area contributed by atoms with E-state index >= 15 is 0 Å². The largest absolute Gasteiger partial charge is 0.573 e. The fraction of sp³-hybridized carbons (Fsp3) is 0.300. The maximum atomic E-state index is 12.0. The first-order valence-corrected chi connectivity index (χ1v) is 4.73. The molecule has 1 saturated heterocycles. The summed E-state index contributed by atoms with van der Waals surface area (Å²) in [4.78, 5) is 10.8. The Kier molecular flexibility index (Phi) is 2.83. The molecule has 0 aliphatic carbocycles. The summed E-state index contributed by atoms with van der Waals surface area (Å²) in [6.45, 7) is 0.0916. The standard InChI is InChI=1S/C10H8F3NO3/c11-10(12,13)17-7-3-1-2-6(4-7)8-5-16-9(15)14-8/h1-4,8H,5H2,(H,14,15)/t8-/m1/s1. The average Bonchev–Trinajstić information content (AvgIpc) is 2.63. The van der Waals surface area contributed by atoms with E-state index < -0.39 is 18.5 Å². The Bertz CT molecular complexity index is 433. The van der Waals surface area contributed by atoms with Crippen molar-refractivity contribution in [3.8, 4) is 5.75 Å². The summed E-state index contributed by atoms with van der Waals surface area (Å²) in [5.74, 6) is -0.323. The van der Waals surface area contributed by atoms with Gasteiger partial charge in [0.2, 0.25) is 0 Å². The van der Waals surface area contributed by atoms with Crippen molar-refractivity contribution in [2.45, 2.75) is 12.4 Å². The van der Waals surface area contributed by atoms with Gasteiger partial charge in [-0.1, -0.05) is 12.1 Å². The van der Waals surface area contributed by atoms with Crippen LogP contribution in [0, 0.1) is 0 Å². The molecule has 1 aromatic rings. The van der Waals surface area contributed by atoms with Gasteiger partial charge in [-0.05, 0) is 17.7 Å². The van der Waals surface area contributed by atoms with Crippen LogP contribution < -0.4 is 10.1 Å². The molecule has 1 heterocycles. The van der Waals surface area contributed by atoms with Gasteiger partial charge >= 0.3 is 12.5 Å². The number of benzene rings is 1. The molecule has 0 saturated carbocycles. The summed E-state index contributed by atoms with van der Waals surface area (Å²) in [6.07, 6.45) is -5.31. The number of amides is 1. The van der Waals surface area contributed by atoms with Crippen molar-refractivity contribution < 1.29 is 27.4 Å². The van der Waals surface area contributed by atoms with Crippen LogP contribution in [0.1, 0.15) is 11.6 Å². The molecule has 0 radical (unpaired) electrons. The van der Waals surface area contributed by atoms with Gasteiger partial charge in [-0.25, -0.2) is 4.79 Å². The number of carbonyl (C=O) groups is 1. The maximum absolute atomic E-state index is 12.0. The quantitative estimate of drug-likeness (QED) is 0.872. The average molecular weight is 247 g/mol. The normalized spacial score (nSPS) is 19.7. The topological polar surface area (TPSA) is 47.6 Å². The molecule has 1 aliphatic heterocycles. The van der Waals surface area contributed by atoms with Crippen molar-refractivity contribution in [1.82, 2.24) is 5.32 Å². The van der Waals surface area contributed by atoms with E-state index in [-0.39, 0.29) is 12.4 Å². The molecular weight excluding hydrogens is 239 g/mol. The second-order valence-corrected chi connectivity index (χ2v) is 3.42. The van der Waals surface area contributed by atoms with Crippen LogP contribution in [0.2, 0.25) is 0 Å². The third kappa shape index (κ3) is 3.02. The van der Waals surface area contributed by atoms with Crippen LogP contribution in [0.5, 0.6) is 5.75 Å². The zero-order valence-electron chi connectivity index (χ0n) is 8.45. The summed E-state index contributed by atoms with van der Waals surface area (Å²) in [7, 11) is 0. The van der Waals surface area contributed by atoms with Crippen molar-refractivity contribution in [2.24, 2.45) is 0 Å². The first kappa shape index (κ1) is 11.6. The maximum Gasteiger partial charge on any atom is 0.573 e. The smallest absolute Gasteiger partial charge is 0.447 e. The molecule has 1 N–H and O–H groups in total. The van der Waals surface area contributed by atoms with Gasteiger partial charge in [0.15, 0.2) is 0 Å². The van der Waals surface area contributed by atoms with E-state index in [4.69, 9.17) is 0 Å². The molecule has 17 heavy (non-hydrogen) atoms. The molecule has 1 fully saturated rings. The lowest BCUT2D eigenvalue weighted by molar-refractivity contribution is -0.274. The number of cyclic esters (lactones) is 1. The van der Waals surface area contributed by atoms with E-state index in [1.165, 1.54) is 18.2 Å². The van der Waals surface area contributed by atoms with Crippen molar-refractivity contribution in [1.29, 1.82) is 0 Å². The number of hydrogen-bond donors (Lipinski definition) is 1. The van der Waals surface area contributed by atoms with Crippen LogP contribution in [0.15, 0.2) is 24.3 Å². The number of carbonyl (C=O) groups excluding carboxylic acids is 1. The van der Waals surface area contributed by atoms with Crippen LogP contribution in [-0.4, -0.2) is 19.1 Å². The van der Waals surface area contributed by atoms with Crippen LogP contribution in [0.3, 0.4) is 0 Å². The number of rotatable bonds is 2. The lowest BCUT2D eigenvalue weighted by atomic mass is 10.1. The van der Waals surface area contributed by atoms with Gasteiger partial charge in [0.1, 0.15) is 12.4 Å². The van der Waals surface area contributed by atoms with Crippen molar-refractivity contribution in [3.05, 3.63) is 29.8 Å². The molecule has 7 heteroatoms. The number of alkyl carbamates (subject to hydrolysis) is 1. The van der Waals surface area contributed by atoms with Crippen molar-refractivity contribution >= 4 is 6.09 Å². The number of ether oxygens (including phenoxy) is 2. The summed E-state index contributed by atoms with van der Waals surface area (Å²) in [6, 6.07) is 4.96. The zero-order chi connectivity index (χ0) is 12.5. The number of nitrogens with one attached hydrogen (secondary N) is 1.